The Balaban J connectivity index is 1.91. The number of unbranched alkanes of at least 4 members (excludes halogenated alkanes) is 1. The van der Waals surface area contributed by atoms with Gasteiger partial charge in [0.05, 0.1) is 5.41 Å². The molecule has 1 aromatic rings. The molecule has 0 aromatic carbocycles. The molecule has 116 valence electrons. The van der Waals surface area contributed by atoms with E-state index in [0.29, 0.717) is 13.0 Å². The number of carbonyl (C=O) groups is 2. The highest BCUT2D eigenvalue weighted by atomic mass is 32.1. The normalized spacial score (nSPS) is 17.3. The second-order valence-electron chi connectivity index (χ2n) is 5.73. The summed E-state index contributed by atoms with van der Waals surface area (Å²) in [5, 5.41) is 13.7. The number of hydrogen-bond acceptors (Lipinski definition) is 3. The van der Waals surface area contributed by atoms with Crippen molar-refractivity contribution in [2.75, 3.05) is 6.54 Å². The Hall–Kier alpha value is -1.36. The number of hydrogen-bond donors (Lipinski definition) is 2. The lowest BCUT2D eigenvalue weighted by Gasteiger charge is -2.35. The first-order valence-electron chi connectivity index (χ1n) is 7.69. The van der Waals surface area contributed by atoms with E-state index in [1.165, 1.54) is 11.3 Å². The summed E-state index contributed by atoms with van der Waals surface area (Å²) in [6.07, 6.45) is 6.77. The first-order valence-corrected chi connectivity index (χ1v) is 8.57. The average molecular weight is 309 g/mol. The van der Waals surface area contributed by atoms with Crippen LogP contribution in [0.3, 0.4) is 0 Å². The molecule has 1 heterocycles. The van der Waals surface area contributed by atoms with Crippen molar-refractivity contribution in [2.24, 2.45) is 0 Å². The van der Waals surface area contributed by atoms with E-state index >= 15 is 0 Å². The van der Waals surface area contributed by atoms with Gasteiger partial charge in [-0.25, -0.2) is 0 Å². The first kappa shape index (κ1) is 16.0. The van der Waals surface area contributed by atoms with E-state index < -0.39 is 5.97 Å². The van der Waals surface area contributed by atoms with Crippen LogP contribution in [0.4, 0.5) is 0 Å². The molecule has 0 atom stereocenters. The number of nitrogens with one attached hydrogen (secondary N) is 1. The van der Waals surface area contributed by atoms with Gasteiger partial charge in [-0.3, -0.25) is 9.59 Å². The van der Waals surface area contributed by atoms with E-state index in [4.69, 9.17) is 5.11 Å². The molecule has 0 unspecified atom stereocenters. The van der Waals surface area contributed by atoms with E-state index in [0.717, 1.165) is 32.1 Å². The molecule has 1 saturated carbocycles. The second kappa shape index (κ2) is 7.59. The van der Waals surface area contributed by atoms with Gasteiger partial charge in [0.15, 0.2) is 0 Å². The van der Waals surface area contributed by atoms with E-state index in [2.05, 4.69) is 11.4 Å². The number of carboxylic acid groups (broad SMARTS) is 1. The highest BCUT2D eigenvalue weighted by molar-refractivity contribution is 7.10. The Morgan fingerprint density at radius 3 is 2.62 bits per heavy atom. The maximum Gasteiger partial charge on any atom is 0.303 e. The van der Waals surface area contributed by atoms with Gasteiger partial charge in [-0.05, 0) is 37.1 Å². The van der Waals surface area contributed by atoms with Crippen molar-refractivity contribution in [3.05, 3.63) is 22.4 Å². The number of aliphatic carboxylic acids is 1. The van der Waals surface area contributed by atoms with Crippen LogP contribution in [-0.2, 0) is 15.0 Å². The molecule has 21 heavy (non-hydrogen) atoms. The molecule has 5 heteroatoms. The Morgan fingerprint density at radius 1 is 1.24 bits per heavy atom. The minimum atomic E-state index is -0.774. The quantitative estimate of drug-likeness (QED) is 0.759. The lowest BCUT2D eigenvalue weighted by molar-refractivity contribution is -0.137. The summed E-state index contributed by atoms with van der Waals surface area (Å²) < 4.78 is 0. The van der Waals surface area contributed by atoms with Crippen molar-refractivity contribution >= 4 is 23.2 Å². The fourth-order valence-corrected chi connectivity index (χ4v) is 4.05. The highest BCUT2D eigenvalue weighted by Gasteiger charge is 2.41. The first-order chi connectivity index (χ1) is 10.1. The zero-order chi connectivity index (χ0) is 15.1. The van der Waals surface area contributed by atoms with Crippen molar-refractivity contribution in [2.45, 2.75) is 56.8 Å². The van der Waals surface area contributed by atoms with Crippen molar-refractivity contribution in [1.82, 2.24) is 5.32 Å². The topological polar surface area (TPSA) is 66.4 Å². The van der Waals surface area contributed by atoms with Gasteiger partial charge in [0, 0.05) is 17.8 Å². The molecule has 1 aliphatic carbocycles. The van der Waals surface area contributed by atoms with Gasteiger partial charge >= 0.3 is 5.97 Å². The molecule has 1 amide bonds. The van der Waals surface area contributed by atoms with Crippen LogP contribution >= 0.6 is 11.3 Å². The molecule has 2 N–H and O–H groups in total. The summed E-state index contributed by atoms with van der Waals surface area (Å²) in [6, 6.07) is 4.08. The fourth-order valence-electron chi connectivity index (χ4n) is 3.06. The number of thiophene rings is 1. The predicted octanol–water partition coefficient (Wildman–Crippen LogP) is 3.32. The Labute approximate surface area is 129 Å². The summed E-state index contributed by atoms with van der Waals surface area (Å²) in [7, 11) is 0. The maximum atomic E-state index is 12.7. The summed E-state index contributed by atoms with van der Waals surface area (Å²) in [6.45, 7) is 0.569. The minimum absolute atomic E-state index is 0.125. The lowest BCUT2D eigenvalue weighted by atomic mass is 9.72. The van der Waals surface area contributed by atoms with Gasteiger partial charge in [0.2, 0.25) is 5.91 Å². The molecule has 1 aromatic heterocycles. The van der Waals surface area contributed by atoms with Crippen LogP contribution in [0.2, 0.25) is 0 Å². The zero-order valence-corrected chi connectivity index (χ0v) is 13.1. The molecule has 0 aliphatic heterocycles. The highest BCUT2D eigenvalue weighted by Crippen LogP contribution is 2.41. The van der Waals surface area contributed by atoms with Crippen LogP contribution in [0.15, 0.2) is 17.5 Å². The smallest absolute Gasteiger partial charge is 0.303 e. The third kappa shape index (κ3) is 4.06. The predicted molar refractivity (Wildman–Crippen MR) is 83.6 cm³/mol. The van der Waals surface area contributed by atoms with Crippen molar-refractivity contribution in [3.8, 4) is 0 Å². The second-order valence-corrected chi connectivity index (χ2v) is 6.67. The SMILES string of the molecule is O=C(O)CCCCNC(=O)C1(c2cccs2)CCCCC1. The summed E-state index contributed by atoms with van der Waals surface area (Å²) in [4.78, 5) is 24.3. The standard InChI is InChI=1S/C16H23NO3S/c18-14(19)8-2-5-11-17-15(20)16(9-3-1-4-10-16)13-7-6-12-21-13/h6-7,12H,1-5,8-11H2,(H,17,20)(H,18,19). The number of amides is 1. The van der Waals surface area contributed by atoms with Crippen LogP contribution in [0.5, 0.6) is 0 Å². The molecule has 1 fully saturated rings. The third-order valence-electron chi connectivity index (χ3n) is 4.24. The zero-order valence-electron chi connectivity index (χ0n) is 12.3. The van der Waals surface area contributed by atoms with Gasteiger partial charge in [-0.1, -0.05) is 25.3 Å². The van der Waals surface area contributed by atoms with Crippen LogP contribution in [0.1, 0.15) is 56.2 Å². The number of rotatable bonds is 7. The number of carbonyl (C=O) groups excluding carboxylic acids is 1. The van der Waals surface area contributed by atoms with Gasteiger partial charge in [-0.2, -0.15) is 0 Å². The van der Waals surface area contributed by atoms with Crippen LogP contribution in [0.25, 0.3) is 0 Å². The van der Waals surface area contributed by atoms with Gasteiger partial charge in [0.1, 0.15) is 0 Å². The molecular weight excluding hydrogens is 286 g/mol. The monoisotopic (exact) mass is 309 g/mol. The molecule has 0 radical (unpaired) electrons. The van der Waals surface area contributed by atoms with Gasteiger partial charge in [-0.15, -0.1) is 11.3 Å². The largest absolute Gasteiger partial charge is 0.481 e. The molecular formula is C16H23NO3S. The summed E-state index contributed by atoms with van der Waals surface area (Å²) in [5.41, 5.74) is -0.348. The molecule has 2 rings (SSSR count). The lowest BCUT2D eigenvalue weighted by Crippen LogP contribution is -2.45. The van der Waals surface area contributed by atoms with Crippen LogP contribution in [0, 0.1) is 0 Å². The van der Waals surface area contributed by atoms with Crippen LogP contribution in [-0.4, -0.2) is 23.5 Å². The molecule has 0 spiro atoms. The van der Waals surface area contributed by atoms with Crippen LogP contribution < -0.4 is 5.32 Å². The molecule has 0 bridgehead atoms. The third-order valence-corrected chi connectivity index (χ3v) is 5.31. The Bertz CT molecular complexity index is 464. The Kier molecular flexibility index (Phi) is 5.79. The van der Waals surface area contributed by atoms with E-state index in [1.54, 1.807) is 11.3 Å². The molecule has 1 aliphatic rings. The van der Waals surface area contributed by atoms with Crippen molar-refractivity contribution < 1.29 is 14.7 Å². The number of carboxylic acids is 1. The average Bonchev–Trinajstić information content (AvgIpc) is 3.01. The van der Waals surface area contributed by atoms with Crippen molar-refractivity contribution in [1.29, 1.82) is 0 Å². The molecule has 0 saturated heterocycles. The van der Waals surface area contributed by atoms with Gasteiger partial charge in [0.25, 0.3) is 0 Å². The Morgan fingerprint density at radius 2 is 2.00 bits per heavy atom. The van der Waals surface area contributed by atoms with Gasteiger partial charge < -0.3 is 10.4 Å². The summed E-state index contributed by atoms with van der Waals surface area (Å²) in [5.74, 6) is -0.649. The minimum Gasteiger partial charge on any atom is -0.481 e. The molecule has 4 nitrogen and oxygen atoms in total. The van der Waals surface area contributed by atoms with E-state index in [9.17, 15) is 9.59 Å². The summed E-state index contributed by atoms with van der Waals surface area (Å²) >= 11 is 1.67. The van der Waals surface area contributed by atoms with E-state index in [-0.39, 0.29) is 17.7 Å². The van der Waals surface area contributed by atoms with Crippen molar-refractivity contribution in [3.63, 3.8) is 0 Å². The van der Waals surface area contributed by atoms with E-state index in [1.807, 2.05) is 11.4 Å². The fraction of sp³-hybridized carbons (Fsp3) is 0.625. The maximum absolute atomic E-state index is 12.7.